The van der Waals surface area contributed by atoms with E-state index in [2.05, 4.69) is 27.3 Å². The van der Waals surface area contributed by atoms with Crippen LogP contribution in [0.2, 0.25) is 0 Å². The van der Waals surface area contributed by atoms with Gasteiger partial charge in [0.25, 0.3) is 0 Å². The first-order valence-corrected chi connectivity index (χ1v) is 5.77. The van der Waals surface area contributed by atoms with Gasteiger partial charge < -0.3 is 5.32 Å². The zero-order valence-corrected chi connectivity index (χ0v) is 10.2. The number of nitrogens with one attached hydrogen (secondary N) is 1. The highest BCUT2D eigenvalue weighted by atomic mass is 15.2. The van der Waals surface area contributed by atoms with Gasteiger partial charge in [-0.1, -0.05) is 6.92 Å². The van der Waals surface area contributed by atoms with Crippen molar-refractivity contribution in [2.75, 3.05) is 6.54 Å². The van der Waals surface area contributed by atoms with E-state index in [0.29, 0.717) is 0 Å². The van der Waals surface area contributed by atoms with Crippen LogP contribution in [0.4, 0.5) is 0 Å². The summed E-state index contributed by atoms with van der Waals surface area (Å²) in [6, 6.07) is 4.17. The quantitative estimate of drug-likeness (QED) is 0.837. The number of hydrogen-bond donors (Lipinski definition) is 1. The van der Waals surface area contributed by atoms with Crippen molar-refractivity contribution >= 4 is 0 Å². The molecule has 90 valence electrons. The van der Waals surface area contributed by atoms with Crippen LogP contribution in [0, 0.1) is 0 Å². The zero-order chi connectivity index (χ0) is 12.1. The SMILES string of the molecule is CCNC(Cc1ccn(C)n1)c1ccncn1. The Hall–Kier alpha value is -1.75. The summed E-state index contributed by atoms with van der Waals surface area (Å²) in [7, 11) is 1.93. The predicted octanol–water partition coefficient (Wildman–Crippen LogP) is 1.10. The lowest BCUT2D eigenvalue weighted by Gasteiger charge is -2.15. The van der Waals surface area contributed by atoms with Crippen LogP contribution in [0.3, 0.4) is 0 Å². The summed E-state index contributed by atoms with van der Waals surface area (Å²) in [5.74, 6) is 0. The molecule has 0 spiro atoms. The summed E-state index contributed by atoms with van der Waals surface area (Å²) in [4.78, 5) is 8.23. The van der Waals surface area contributed by atoms with Gasteiger partial charge in [0.15, 0.2) is 0 Å². The van der Waals surface area contributed by atoms with Gasteiger partial charge in [-0.05, 0) is 18.7 Å². The molecule has 5 nitrogen and oxygen atoms in total. The highest BCUT2D eigenvalue weighted by molar-refractivity contribution is 5.10. The second kappa shape index (κ2) is 5.54. The van der Waals surface area contributed by atoms with Crippen molar-refractivity contribution in [1.82, 2.24) is 25.1 Å². The van der Waals surface area contributed by atoms with Gasteiger partial charge in [-0.2, -0.15) is 5.10 Å². The minimum Gasteiger partial charge on any atom is -0.309 e. The largest absolute Gasteiger partial charge is 0.309 e. The van der Waals surface area contributed by atoms with E-state index in [0.717, 1.165) is 24.4 Å². The Balaban J connectivity index is 2.13. The van der Waals surface area contributed by atoms with Crippen LogP contribution in [-0.4, -0.2) is 26.3 Å². The van der Waals surface area contributed by atoms with Crippen LogP contribution >= 0.6 is 0 Å². The molecule has 2 aromatic heterocycles. The molecule has 1 N–H and O–H groups in total. The molecule has 0 saturated carbocycles. The first-order valence-electron chi connectivity index (χ1n) is 5.77. The molecule has 0 radical (unpaired) electrons. The molecule has 0 bridgehead atoms. The normalized spacial score (nSPS) is 12.6. The maximum absolute atomic E-state index is 4.39. The molecule has 0 aliphatic rings. The van der Waals surface area contributed by atoms with E-state index < -0.39 is 0 Å². The van der Waals surface area contributed by atoms with Crippen LogP contribution in [0.25, 0.3) is 0 Å². The van der Waals surface area contributed by atoms with Gasteiger partial charge in [-0.25, -0.2) is 9.97 Å². The smallest absolute Gasteiger partial charge is 0.115 e. The highest BCUT2D eigenvalue weighted by Gasteiger charge is 2.13. The first kappa shape index (κ1) is 11.7. The fraction of sp³-hybridized carbons (Fsp3) is 0.417. The minimum absolute atomic E-state index is 0.193. The minimum atomic E-state index is 0.193. The maximum Gasteiger partial charge on any atom is 0.115 e. The van der Waals surface area contributed by atoms with Crippen molar-refractivity contribution in [3.63, 3.8) is 0 Å². The van der Waals surface area contributed by atoms with Gasteiger partial charge in [-0.3, -0.25) is 4.68 Å². The Morgan fingerprint density at radius 3 is 2.88 bits per heavy atom. The molecule has 2 rings (SSSR count). The second-order valence-corrected chi connectivity index (χ2v) is 3.93. The van der Waals surface area contributed by atoms with Crippen molar-refractivity contribution in [2.24, 2.45) is 7.05 Å². The van der Waals surface area contributed by atoms with Gasteiger partial charge in [0.2, 0.25) is 0 Å². The Morgan fingerprint density at radius 1 is 1.41 bits per heavy atom. The fourth-order valence-electron chi connectivity index (χ4n) is 1.82. The monoisotopic (exact) mass is 231 g/mol. The lowest BCUT2D eigenvalue weighted by Crippen LogP contribution is -2.24. The van der Waals surface area contributed by atoms with Crippen molar-refractivity contribution in [3.05, 3.63) is 42.2 Å². The third kappa shape index (κ3) is 3.10. The van der Waals surface area contributed by atoms with Crippen LogP contribution in [-0.2, 0) is 13.5 Å². The fourth-order valence-corrected chi connectivity index (χ4v) is 1.82. The van der Waals surface area contributed by atoms with E-state index in [9.17, 15) is 0 Å². The summed E-state index contributed by atoms with van der Waals surface area (Å²) < 4.78 is 1.82. The average Bonchev–Trinajstić information content (AvgIpc) is 2.75. The van der Waals surface area contributed by atoms with Gasteiger partial charge >= 0.3 is 0 Å². The molecular formula is C12H17N5. The lowest BCUT2D eigenvalue weighted by atomic mass is 10.1. The Labute approximate surface area is 101 Å². The summed E-state index contributed by atoms with van der Waals surface area (Å²) >= 11 is 0. The molecule has 2 aromatic rings. The maximum atomic E-state index is 4.39. The molecule has 0 aliphatic heterocycles. The third-order valence-corrected chi connectivity index (χ3v) is 2.59. The van der Waals surface area contributed by atoms with E-state index in [4.69, 9.17) is 0 Å². The molecule has 0 amide bonds. The van der Waals surface area contributed by atoms with Crippen molar-refractivity contribution < 1.29 is 0 Å². The standard InChI is InChI=1S/C12H17N5/c1-3-14-12(11-4-6-13-9-15-11)8-10-5-7-17(2)16-10/h4-7,9,12,14H,3,8H2,1-2H3. The third-order valence-electron chi connectivity index (χ3n) is 2.59. The number of aryl methyl sites for hydroxylation is 1. The zero-order valence-electron chi connectivity index (χ0n) is 10.2. The van der Waals surface area contributed by atoms with Crippen molar-refractivity contribution in [1.29, 1.82) is 0 Å². The molecular weight excluding hydrogens is 214 g/mol. The van der Waals surface area contributed by atoms with Crippen LogP contribution < -0.4 is 5.32 Å². The second-order valence-electron chi connectivity index (χ2n) is 3.93. The van der Waals surface area contributed by atoms with Crippen molar-refractivity contribution in [2.45, 2.75) is 19.4 Å². The van der Waals surface area contributed by atoms with Crippen LogP contribution in [0.5, 0.6) is 0 Å². The van der Waals surface area contributed by atoms with Crippen LogP contribution in [0.1, 0.15) is 24.4 Å². The number of aromatic nitrogens is 4. The Bertz CT molecular complexity index is 451. The molecule has 5 heteroatoms. The van der Waals surface area contributed by atoms with Gasteiger partial charge in [0.1, 0.15) is 6.33 Å². The van der Waals surface area contributed by atoms with E-state index in [-0.39, 0.29) is 6.04 Å². The summed E-state index contributed by atoms with van der Waals surface area (Å²) in [5, 5.41) is 7.81. The van der Waals surface area contributed by atoms with E-state index in [1.54, 1.807) is 12.5 Å². The van der Waals surface area contributed by atoms with E-state index in [1.807, 2.05) is 30.1 Å². The summed E-state index contributed by atoms with van der Waals surface area (Å²) in [5.41, 5.74) is 2.07. The molecule has 2 heterocycles. The Kier molecular flexibility index (Phi) is 3.82. The molecule has 0 saturated heterocycles. The van der Waals surface area contributed by atoms with E-state index in [1.165, 1.54) is 0 Å². The molecule has 1 atom stereocenters. The highest BCUT2D eigenvalue weighted by Crippen LogP contribution is 2.14. The molecule has 1 unspecified atom stereocenters. The average molecular weight is 231 g/mol. The van der Waals surface area contributed by atoms with Gasteiger partial charge in [0.05, 0.1) is 17.4 Å². The number of nitrogens with zero attached hydrogens (tertiary/aromatic N) is 4. The topological polar surface area (TPSA) is 55.6 Å². The number of rotatable bonds is 5. The molecule has 0 aliphatic carbocycles. The number of likely N-dealkylation sites (N-methyl/N-ethyl adjacent to an activating group) is 1. The lowest BCUT2D eigenvalue weighted by molar-refractivity contribution is 0.526. The molecule has 17 heavy (non-hydrogen) atoms. The molecule has 0 aromatic carbocycles. The van der Waals surface area contributed by atoms with E-state index >= 15 is 0 Å². The van der Waals surface area contributed by atoms with Crippen LogP contribution in [0.15, 0.2) is 30.9 Å². The van der Waals surface area contributed by atoms with Crippen molar-refractivity contribution in [3.8, 4) is 0 Å². The predicted molar refractivity (Wildman–Crippen MR) is 65.4 cm³/mol. The Morgan fingerprint density at radius 2 is 2.29 bits per heavy atom. The number of hydrogen-bond acceptors (Lipinski definition) is 4. The van der Waals surface area contributed by atoms with Gasteiger partial charge in [-0.15, -0.1) is 0 Å². The summed E-state index contributed by atoms with van der Waals surface area (Å²) in [6.45, 7) is 2.99. The van der Waals surface area contributed by atoms with Gasteiger partial charge in [0, 0.05) is 25.9 Å². The first-order chi connectivity index (χ1) is 8.29. The molecule has 0 fully saturated rings. The summed E-state index contributed by atoms with van der Waals surface area (Å²) in [6.07, 6.45) is 6.15.